The quantitative estimate of drug-likeness (QED) is 0.760. The van der Waals surface area contributed by atoms with Gasteiger partial charge in [-0.2, -0.15) is 0 Å². The summed E-state index contributed by atoms with van der Waals surface area (Å²) in [5, 5.41) is 4.50. The minimum Gasteiger partial charge on any atom is -0.385 e. The molecule has 1 aliphatic rings. The molecule has 4 heteroatoms. The van der Waals surface area contributed by atoms with Gasteiger partial charge >= 0.3 is 0 Å². The van der Waals surface area contributed by atoms with Crippen LogP contribution in [0.1, 0.15) is 20.3 Å². The Morgan fingerprint density at radius 2 is 2.36 bits per heavy atom. The van der Waals surface area contributed by atoms with Crippen LogP contribution >= 0.6 is 11.8 Å². The Labute approximate surface area is 90.7 Å². The molecule has 1 rings (SSSR count). The van der Waals surface area contributed by atoms with Gasteiger partial charge in [-0.3, -0.25) is 4.99 Å². The van der Waals surface area contributed by atoms with Crippen molar-refractivity contribution in [1.29, 1.82) is 0 Å². The number of ether oxygens (including phenoxy) is 1. The number of aliphatic imine (C=N–C) groups is 1. The predicted molar refractivity (Wildman–Crippen MR) is 63.0 cm³/mol. The third-order valence-electron chi connectivity index (χ3n) is 2.29. The van der Waals surface area contributed by atoms with Crippen LogP contribution in [0.15, 0.2) is 4.99 Å². The van der Waals surface area contributed by atoms with Crippen molar-refractivity contribution in [2.24, 2.45) is 10.4 Å². The van der Waals surface area contributed by atoms with Crippen molar-refractivity contribution in [3.63, 3.8) is 0 Å². The molecule has 1 aliphatic heterocycles. The number of amidine groups is 1. The van der Waals surface area contributed by atoms with Gasteiger partial charge in [0.2, 0.25) is 0 Å². The molecule has 0 amide bonds. The molecule has 1 N–H and O–H groups in total. The fourth-order valence-electron chi connectivity index (χ4n) is 1.22. The average Bonchev–Trinajstić information content (AvgIpc) is 2.64. The van der Waals surface area contributed by atoms with Crippen LogP contribution in [0.4, 0.5) is 0 Å². The summed E-state index contributed by atoms with van der Waals surface area (Å²) in [5.74, 6) is 1.13. The Morgan fingerprint density at radius 1 is 1.57 bits per heavy atom. The lowest BCUT2D eigenvalue weighted by molar-refractivity contribution is 0.153. The van der Waals surface area contributed by atoms with E-state index >= 15 is 0 Å². The molecule has 3 nitrogen and oxygen atoms in total. The second kappa shape index (κ2) is 5.61. The molecule has 0 saturated carbocycles. The smallest absolute Gasteiger partial charge is 0.156 e. The second-order valence-corrected chi connectivity index (χ2v) is 5.38. The van der Waals surface area contributed by atoms with E-state index in [0.717, 1.165) is 37.0 Å². The van der Waals surface area contributed by atoms with Crippen LogP contribution in [-0.2, 0) is 4.74 Å². The maximum atomic E-state index is 5.09. The number of thioether (sulfide) groups is 1. The molecule has 0 aliphatic carbocycles. The number of methoxy groups -OCH3 is 1. The first-order chi connectivity index (χ1) is 6.64. The molecule has 0 aromatic rings. The first kappa shape index (κ1) is 11.9. The summed E-state index contributed by atoms with van der Waals surface area (Å²) < 4.78 is 5.09. The van der Waals surface area contributed by atoms with Crippen LogP contribution in [0.2, 0.25) is 0 Å². The van der Waals surface area contributed by atoms with E-state index in [2.05, 4.69) is 24.2 Å². The highest BCUT2D eigenvalue weighted by Crippen LogP contribution is 2.19. The molecule has 0 bridgehead atoms. The molecular weight excluding hydrogens is 196 g/mol. The van der Waals surface area contributed by atoms with Crippen molar-refractivity contribution in [3.8, 4) is 0 Å². The van der Waals surface area contributed by atoms with Crippen molar-refractivity contribution in [1.82, 2.24) is 5.32 Å². The van der Waals surface area contributed by atoms with Crippen molar-refractivity contribution in [3.05, 3.63) is 0 Å². The molecule has 0 atom stereocenters. The van der Waals surface area contributed by atoms with Crippen LogP contribution in [0, 0.1) is 5.41 Å². The summed E-state index contributed by atoms with van der Waals surface area (Å²) >= 11 is 1.81. The van der Waals surface area contributed by atoms with E-state index in [-0.39, 0.29) is 5.41 Å². The monoisotopic (exact) mass is 216 g/mol. The van der Waals surface area contributed by atoms with Crippen LogP contribution in [0.5, 0.6) is 0 Å². The summed E-state index contributed by atoms with van der Waals surface area (Å²) in [6, 6.07) is 0. The lowest BCUT2D eigenvalue weighted by atomic mass is 9.90. The highest BCUT2D eigenvalue weighted by Gasteiger charge is 2.18. The maximum absolute atomic E-state index is 5.09. The Hall–Kier alpha value is -0.220. The van der Waals surface area contributed by atoms with E-state index in [9.17, 15) is 0 Å². The van der Waals surface area contributed by atoms with Crippen LogP contribution < -0.4 is 5.32 Å². The summed E-state index contributed by atoms with van der Waals surface area (Å²) in [6.45, 7) is 7.26. The number of hydrogen-bond donors (Lipinski definition) is 1. The zero-order valence-electron chi connectivity index (χ0n) is 9.30. The molecule has 1 heterocycles. The summed E-state index contributed by atoms with van der Waals surface area (Å²) in [5.41, 5.74) is 0.279. The Kier molecular flexibility index (Phi) is 4.75. The first-order valence-electron chi connectivity index (χ1n) is 5.04. The fraction of sp³-hybridized carbons (Fsp3) is 0.900. The predicted octanol–water partition coefficient (Wildman–Crippen LogP) is 1.74. The molecule has 0 aromatic carbocycles. The Morgan fingerprint density at radius 3 is 2.93 bits per heavy atom. The molecule has 14 heavy (non-hydrogen) atoms. The third kappa shape index (κ3) is 4.33. The van der Waals surface area contributed by atoms with Crippen molar-refractivity contribution < 1.29 is 4.74 Å². The number of nitrogens with one attached hydrogen (secondary N) is 1. The largest absolute Gasteiger partial charge is 0.385 e. The van der Waals surface area contributed by atoms with Gasteiger partial charge in [0.05, 0.1) is 6.54 Å². The first-order valence-corrected chi connectivity index (χ1v) is 6.03. The summed E-state index contributed by atoms with van der Waals surface area (Å²) in [4.78, 5) is 4.36. The molecule has 82 valence electrons. The Balaban J connectivity index is 2.20. The van der Waals surface area contributed by atoms with E-state index in [0.29, 0.717) is 0 Å². The topological polar surface area (TPSA) is 33.6 Å². The lowest BCUT2D eigenvalue weighted by Crippen LogP contribution is -2.32. The molecular formula is C10H20N2OS. The molecule has 0 unspecified atom stereocenters. The zero-order chi connectivity index (χ0) is 10.4. The molecule has 0 spiro atoms. The molecule has 0 radical (unpaired) electrons. The Bertz CT molecular complexity index is 204. The van der Waals surface area contributed by atoms with Crippen molar-refractivity contribution in [2.75, 3.05) is 32.6 Å². The highest BCUT2D eigenvalue weighted by atomic mass is 32.2. The van der Waals surface area contributed by atoms with Gasteiger partial charge in [-0.15, -0.1) is 0 Å². The van der Waals surface area contributed by atoms with E-state index in [1.165, 1.54) is 0 Å². The summed E-state index contributed by atoms with van der Waals surface area (Å²) in [7, 11) is 1.75. The summed E-state index contributed by atoms with van der Waals surface area (Å²) in [6.07, 6.45) is 1.08. The standard InChI is InChI=1S/C10H20N2OS/c1-10(2,4-6-13-3)8-12-9-11-5-7-14-9/h4-8H2,1-3H3,(H,11,12). The van der Waals surface area contributed by atoms with E-state index < -0.39 is 0 Å². The lowest BCUT2D eigenvalue weighted by Gasteiger charge is -2.24. The van der Waals surface area contributed by atoms with Crippen LogP contribution in [-0.4, -0.2) is 37.7 Å². The van der Waals surface area contributed by atoms with Crippen LogP contribution in [0.25, 0.3) is 0 Å². The van der Waals surface area contributed by atoms with Crippen molar-refractivity contribution >= 4 is 16.9 Å². The van der Waals surface area contributed by atoms with Gasteiger partial charge in [0, 0.05) is 26.0 Å². The van der Waals surface area contributed by atoms with Gasteiger partial charge in [0.25, 0.3) is 0 Å². The number of nitrogens with zero attached hydrogens (tertiary/aromatic N) is 1. The maximum Gasteiger partial charge on any atom is 0.156 e. The van der Waals surface area contributed by atoms with Gasteiger partial charge in [-0.05, 0) is 11.8 Å². The normalized spacial score (nSPS) is 16.9. The van der Waals surface area contributed by atoms with Crippen molar-refractivity contribution in [2.45, 2.75) is 20.3 Å². The van der Waals surface area contributed by atoms with Gasteiger partial charge in [-0.25, -0.2) is 0 Å². The fourth-order valence-corrected chi connectivity index (χ4v) is 1.96. The second-order valence-electron chi connectivity index (χ2n) is 4.30. The van der Waals surface area contributed by atoms with Crippen LogP contribution in [0.3, 0.4) is 0 Å². The minimum absolute atomic E-state index is 0.279. The number of hydrogen-bond acceptors (Lipinski definition) is 4. The van der Waals surface area contributed by atoms with Gasteiger partial charge in [0.1, 0.15) is 0 Å². The van der Waals surface area contributed by atoms with Gasteiger partial charge in [0.15, 0.2) is 5.17 Å². The average molecular weight is 216 g/mol. The molecule has 0 fully saturated rings. The van der Waals surface area contributed by atoms with Gasteiger partial charge < -0.3 is 10.1 Å². The SMILES string of the molecule is COCCC(C)(C)CNC1=NCCS1. The molecule has 0 saturated heterocycles. The number of rotatable bonds is 5. The minimum atomic E-state index is 0.279. The molecule has 0 aromatic heterocycles. The van der Waals surface area contributed by atoms with E-state index in [1.807, 2.05) is 11.8 Å². The van der Waals surface area contributed by atoms with Gasteiger partial charge in [-0.1, -0.05) is 25.6 Å². The van der Waals surface area contributed by atoms with E-state index in [1.54, 1.807) is 7.11 Å². The van der Waals surface area contributed by atoms with E-state index in [4.69, 9.17) is 4.74 Å². The zero-order valence-corrected chi connectivity index (χ0v) is 10.1. The highest BCUT2D eigenvalue weighted by molar-refractivity contribution is 8.14. The third-order valence-corrected chi connectivity index (χ3v) is 3.22.